The summed E-state index contributed by atoms with van der Waals surface area (Å²) in [5.74, 6) is 2.22. The standard InChI is InChI=1S/C20H26N4O2/c1-4-20(11-25)10-15-7-8-17(20)24(15)18-13(2)19(23-12-22-18)26-16-6-5-9-21-14(16)3/h5-6,9,12,15,17,25H,4,7-8,10-11H2,1-3H3/t15-,17+,20-/m1/s1. The Morgan fingerprint density at radius 3 is 2.81 bits per heavy atom. The third-order valence-corrected chi connectivity index (χ3v) is 6.29. The first kappa shape index (κ1) is 17.2. The predicted octanol–water partition coefficient (Wildman–Crippen LogP) is 3.41. The summed E-state index contributed by atoms with van der Waals surface area (Å²) in [4.78, 5) is 15.6. The van der Waals surface area contributed by atoms with Crippen molar-refractivity contribution in [1.82, 2.24) is 15.0 Å². The Bertz CT molecular complexity index is 806. The number of ether oxygens (including phenoxy) is 1. The summed E-state index contributed by atoms with van der Waals surface area (Å²) in [7, 11) is 0. The fourth-order valence-electron chi connectivity index (χ4n) is 4.74. The van der Waals surface area contributed by atoms with Crippen molar-refractivity contribution in [2.45, 2.75) is 58.5 Å². The van der Waals surface area contributed by atoms with Crippen LogP contribution in [-0.4, -0.2) is 38.7 Å². The van der Waals surface area contributed by atoms with Gasteiger partial charge in [-0.25, -0.2) is 9.97 Å². The summed E-state index contributed by atoms with van der Waals surface area (Å²) in [6, 6.07) is 4.53. The van der Waals surface area contributed by atoms with E-state index in [-0.39, 0.29) is 12.0 Å². The molecule has 2 aliphatic heterocycles. The molecule has 4 rings (SSSR count). The maximum Gasteiger partial charge on any atom is 0.227 e. The lowest BCUT2D eigenvalue weighted by atomic mass is 9.72. The van der Waals surface area contributed by atoms with Crippen LogP contribution in [0.1, 0.15) is 43.9 Å². The molecule has 1 N–H and O–H groups in total. The number of aromatic nitrogens is 3. The molecule has 2 aromatic heterocycles. The van der Waals surface area contributed by atoms with Crippen molar-refractivity contribution in [3.63, 3.8) is 0 Å². The molecule has 2 saturated heterocycles. The second-order valence-electron chi connectivity index (χ2n) is 7.55. The van der Waals surface area contributed by atoms with E-state index in [1.807, 2.05) is 26.0 Å². The monoisotopic (exact) mass is 354 g/mol. The lowest BCUT2D eigenvalue weighted by molar-refractivity contribution is 0.0944. The zero-order chi connectivity index (χ0) is 18.3. The largest absolute Gasteiger partial charge is 0.437 e. The van der Waals surface area contributed by atoms with E-state index in [2.05, 4.69) is 26.8 Å². The van der Waals surface area contributed by atoms with Gasteiger partial charge < -0.3 is 14.7 Å². The Hall–Kier alpha value is -2.21. The number of anilines is 1. The second-order valence-corrected chi connectivity index (χ2v) is 7.55. The average molecular weight is 354 g/mol. The Morgan fingerprint density at radius 2 is 2.12 bits per heavy atom. The summed E-state index contributed by atoms with van der Waals surface area (Å²) in [6.07, 6.45) is 7.62. The van der Waals surface area contributed by atoms with Crippen molar-refractivity contribution >= 4 is 5.82 Å². The topological polar surface area (TPSA) is 71.4 Å². The number of hydrogen-bond acceptors (Lipinski definition) is 6. The maximum atomic E-state index is 10.1. The van der Waals surface area contributed by atoms with Crippen LogP contribution in [0.4, 0.5) is 5.82 Å². The minimum absolute atomic E-state index is 0.0126. The molecule has 6 heteroatoms. The van der Waals surface area contributed by atoms with E-state index in [1.54, 1.807) is 12.5 Å². The van der Waals surface area contributed by atoms with Crippen LogP contribution in [0.3, 0.4) is 0 Å². The number of aliphatic hydroxyl groups is 1. The van der Waals surface area contributed by atoms with Crippen LogP contribution < -0.4 is 9.64 Å². The summed E-state index contributed by atoms with van der Waals surface area (Å²) >= 11 is 0. The van der Waals surface area contributed by atoms with Gasteiger partial charge in [-0.15, -0.1) is 0 Å². The van der Waals surface area contributed by atoms with E-state index in [4.69, 9.17) is 4.74 Å². The number of fused-ring (bicyclic) bond motifs is 2. The highest BCUT2D eigenvalue weighted by molar-refractivity contribution is 5.55. The van der Waals surface area contributed by atoms with E-state index in [9.17, 15) is 5.11 Å². The van der Waals surface area contributed by atoms with Gasteiger partial charge in [0, 0.05) is 23.7 Å². The van der Waals surface area contributed by atoms with Crippen LogP contribution in [0.25, 0.3) is 0 Å². The molecule has 3 atom stereocenters. The van der Waals surface area contributed by atoms with E-state index in [0.29, 0.717) is 23.7 Å². The second kappa shape index (κ2) is 6.50. The van der Waals surface area contributed by atoms with Crippen LogP contribution in [0.15, 0.2) is 24.7 Å². The van der Waals surface area contributed by atoms with E-state index >= 15 is 0 Å². The van der Waals surface area contributed by atoms with E-state index < -0.39 is 0 Å². The number of aryl methyl sites for hydroxylation is 1. The van der Waals surface area contributed by atoms with Gasteiger partial charge in [-0.1, -0.05) is 6.92 Å². The van der Waals surface area contributed by atoms with Gasteiger partial charge in [0.15, 0.2) is 5.75 Å². The third kappa shape index (κ3) is 2.55. The van der Waals surface area contributed by atoms with Crippen LogP contribution in [0, 0.1) is 19.3 Å². The Kier molecular flexibility index (Phi) is 4.31. The van der Waals surface area contributed by atoms with Gasteiger partial charge in [0.1, 0.15) is 12.1 Å². The van der Waals surface area contributed by atoms with Crippen molar-refractivity contribution < 1.29 is 9.84 Å². The molecule has 0 radical (unpaired) electrons. The predicted molar refractivity (Wildman–Crippen MR) is 99.5 cm³/mol. The molecule has 0 aromatic carbocycles. The van der Waals surface area contributed by atoms with Crippen LogP contribution >= 0.6 is 0 Å². The van der Waals surface area contributed by atoms with Crippen molar-refractivity contribution in [2.75, 3.05) is 11.5 Å². The number of rotatable bonds is 5. The van der Waals surface area contributed by atoms with Crippen molar-refractivity contribution in [3.05, 3.63) is 35.9 Å². The van der Waals surface area contributed by atoms with Gasteiger partial charge in [0.25, 0.3) is 0 Å². The lowest BCUT2D eigenvalue weighted by Gasteiger charge is -2.35. The number of pyridine rings is 1. The minimum atomic E-state index is -0.0126. The molecular weight excluding hydrogens is 328 g/mol. The molecule has 2 fully saturated rings. The van der Waals surface area contributed by atoms with Crippen LogP contribution in [0.2, 0.25) is 0 Å². The molecule has 2 aliphatic rings. The van der Waals surface area contributed by atoms with Gasteiger partial charge >= 0.3 is 0 Å². The van der Waals surface area contributed by atoms with Crippen LogP contribution in [-0.2, 0) is 0 Å². The number of aliphatic hydroxyl groups excluding tert-OH is 1. The fourth-order valence-corrected chi connectivity index (χ4v) is 4.74. The highest BCUT2D eigenvalue weighted by Gasteiger charge is 2.55. The molecule has 0 spiro atoms. The molecule has 0 saturated carbocycles. The summed E-state index contributed by atoms with van der Waals surface area (Å²) in [5.41, 5.74) is 1.76. The Labute approximate surface area is 154 Å². The molecule has 2 aromatic rings. The zero-order valence-electron chi connectivity index (χ0n) is 15.6. The van der Waals surface area contributed by atoms with Gasteiger partial charge in [-0.05, 0) is 51.7 Å². The first-order valence-electron chi connectivity index (χ1n) is 9.40. The molecule has 0 unspecified atom stereocenters. The fraction of sp³-hybridized carbons (Fsp3) is 0.550. The first-order valence-corrected chi connectivity index (χ1v) is 9.40. The Morgan fingerprint density at radius 1 is 1.27 bits per heavy atom. The third-order valence-electron chi connectivity index (χ3n) is 6.29. The quantitative estimate of drug-likeness (QED) is 0.887. The molecule has 4 heterocycles. The summed E-state index contributed by atoms with van der Waals surface area (Å²) in [5, 5.41) is 10.1. The highest BCUT2D eigenvalue weighted by atomic mass is 16.5. The molecule has 0 aliphatic carbocycles. The summed E-state index contributed by atoms with van der Waals surface area (Å²) in [6.45, 7) is 6.36. The van der Waals surface area contributed by atoms with Crippen molar-refractivity contribution in [3.8, 4) is 11.6 Å². The van der Waals surface area contributed by atoms with Gasteiger partial charge in [0.2, 0.25) is 5.88 Å². The normalized spacial score (nSPS) is 27.2. The molecule has 6 nitrogen and oxygen atoms in total. The van der Waals surface area contributed by atoms with E-state index in [0.717, 1.165) is 42.8 Å². The van der Waals surface area contributed by atoms with E-state index in [1.165, 1.54) is 0 Å². The first-order chi connectivity index (χ1) is 12.6. The molecule has 138 valence electrons. The van der Waals surface area contributed by atoms with Crippen molar-refractivity contribution in [1.29, 1.82) is 0 Å². The smallest absolute Gasteiger partial charge is 0.227 e. The number of hydrogen-bond donors (Lipinski definition) is 1. The molecule has 26 heavy (non-hydrogen) atoms. The SMILES string of the molecule is CC[C@]1(CO)C[C@H]2CC[C@@H]1N2c1ncnc(Oc2cccnc2C)c1C. The number of nitrogens with zero attached hydrogens (tertiary/aromatic N) is 4. The minimum Gasteiger partial charge on any atom is -0.437 e. The van der Waals surface area contributed by atoms with Gasteiger partial charge in [-0.2, -0.15) is 0 Å². The molecule has 2 bridgehead atoms. The molecule has 0 amide bonds. The van der Waals surface area contributed by atoms with Crippen LogP contribution in [0.5, 0.6) is 11.6 Å². The van der Waals surface area contributed by atoms with Gasteiger partial charge in [0.05, 0.1) is 17.9 Å². The summed E-state index contributed by atoms with van der Waals surface area (Å²) < 4.78 is 6.05. The zero-order valence-corrected chi connectivity index (χ0v) is 15.6. The lowest BCUT2D eigenvalue weighted by Crippen LogP contribution is -2.40. The Balaban J connectivity index is 1.68. The van der Waals surface area contributed by atoms with Gasteiger partial charge in [-0.3, -0.25) is 4.98 Å². The van der Waals surface area contributed by atoms with Crippen molar-refractivity contribution in [2.24, 2.45) is 5.41 Å². The highest BCUT2D eigenvalue weighted by Crippen LogP contribution is 2.53. The maximum absolute atomic E-state index is 10.1. The molecular formula is C20H26N4O2. The average Bonchev–Trinajstić information content (AvgIpc) is 3.21.